The number of nitrogens with one attached hydrogen (secondary N) is 2. The SMILES string of the molecule is CCCOc1ccc(C2C(C(=O)Nc3ccccc3OCC)=C(C)Nc3nc(SCc4ccccc4Cl)nn32)cc1. The Labute approximate surface area is 249 Å². The van der Waals surface area contributed by atoms with Crippen LogP contribution in [0.15, 0.2) is 89.2 Å². The Kier molecular flexibility index (Phi) is 9.16. The average Bonchev–Trinajstić information content (AvgIpc) is 3.38. The van der Waals surface area contributed by atoms with Gasteiger partial charge in [0, 0.05) is 16.5 Å². The minimum absolute atomic E-state index is 0.259. The molecule has 1 amide bonds. The standard InChI is InChI=1S/C31H32ClN5O3S/c1-4-18-40-23-16-14-21(15-17-23)28-27(29(38)34-25-12-8-9-13-26(25)39-5-2)20(3)33-30-35-31(36-37(28)30)41-19-22-10-6-7-11-24(22)32/h6-17,28H,4-5,18-19H2,1-3H3,(H,34,38)(H,33,35,36). The van der Waals surface area contributed by atoms with E-state index >= 15 is 0 Å². The van der Waals surface area contributed by atoms with E-state index in [0.717, 1.165) is 23.3 Å². The van der Waals surface area contributed by atoms with Gasteiger partial charge in [0.05, 0.1) is 24.5 Å². The second-order valence-electron chi connectivity index (χ2n) is 9.41. The topological polar surface area (TPSA) is 90.3 Å². The summed E-state index contributed by atoms with van der Waals surface area (Å²) in [4.78, 5) is 18.7. The quantitative estimate of drug-likeness (QED) is 0.177. The number of benzene rings is 3. The second-order valence-corrected chi connectivity index (χ2v) is 10.8. The zero-order chi connectivity index (χ0) is 28.8. The molecule has 1 aromatic heterocycles. The van der Waals surface area contributed by atoms with Gasteiger partial charge in [-0.05, 0) is 61.7 Å². The predicted octanol–water partition coefficient (Wildman–Crippen LogP) is 7.34. The van der Waals surface area contributed by atoms with Crippen LogP contribution in [0.25, 0.3) is 0 Å². The molecule has 0 radical (unpaired) electrons. The maximum absolute atomic E-state index is 13.9. The maximum atomic E-state index is 13.9. The van der Waals surface area contributed by atoms with Crippen LogP contribution in [0.4, 0.5) is 11.6 Å². The van der Waals surface area contributed by atoms with E-state index in [0.29, 0.717) is 57.8 Å². The van der Waals surface area contributed by atoms with E-state index in [1.54, 1.807) is 4.68 Å². The van der Waals surface area contributed by atoms with Gasteiger partial charge in [0.1, 0.15) is 17.5 Å². The maximum Gasteiger partial charge on any atom is 0.255 e. The fourth-order valence-corrected chi connectivity index (χ4v) is 5.67. The summed E-state index contributed by atoms with van der Waals surface area (Å²) in [5, 5.41) is 12.5. The summed E-state index contributed by atoms with van der Waals surface area (Å²) in [7, 11) is 0. The molecule has 8 nitrogen and oxygen atoms in total. The fraction of sp³-hybridized carbons (Fsp3) is 0.258. The van der Waals surface area contributed by atoms with Crippen LogP contribution < -0.4 is 20.1 Å². The smallest absolute Gasteiger partial charge is 0.255 e. The van der Waals surface area contributed by atoms with Gasteiger partial charge in [-0.25, -0.2) is 4.68 Å². The molecule has 10 heteroatoms. The molecule has 5 rings (SSSR count). The van der Waals surface area contributed by atoms with Crippen molar-refractivity contribution in [3.63, 3.8) is 0 Å². The van der Waals surface area contributed by atoms with Crippen molar-refractivity contribution < 1.29 is 14.3 Å². The van der Waals surface area contributed by atoms with Crippen LogP contribution in [-0.2, 0) is 10.5 Å². The Morgan fingerprint density at radius 2 is 1.80 bits per heavy atom. The fourth-order valence-electron chi connectivity index (χ4n) is 4.56. The van der Waals surface area contributed by atoms with Crippen molar-refractivity contribution in [2.24, 2.45) is 0 Å². The van der Waals surface area contributed by atoms with Gasteiger partial charge in [-0.1, -0.05) is 72.8 Å². The highest BCUT2D eigenvalue weighted by molar-refractivity contribution is 7.98. The van der Waals surface area contributed by atoms with Crippen molar-refractivity contribution in [2.45, 2.75) is 44.1 Å². The van der Waals surface area contributed by atoms with E-state index in [-0.39, 0.29) is 5.91 Å². The number of carbonyl (C=O) groups is 1. The van der Waals surface area contributed by atoms with Crippen LogP contribution in [0.5, 0.6) is 11.5 Å². The molecular formula is C31H32ClN5O3S. The summed E-state index contributed by atoms with van der Waals surface area (Å²) in [6, 6.07) is 22.4. The van der Waals surface area contributed by atoms with E-state index in [4.69, 9.17) is 31.2 Å². The molecule has 3 aromatic carbocycles. The lowest BCUT2D eigenvalue weighted by Gasteiger charge is -2.29. The molecule has 0 bridgehead atoms. The van der Waals surface area contributed by atoms with Gasteiger partial charge in [-0.15, -0.1) is 5.10 Å². The van der Waals surface area contributed by atoms with Crippen molar-refractivity contribution in [1.82, 2.24) is 14.8 Å². The average molecular weight is 590 g/mol. The van der Waals surface area contributed by atoms with E-state index in [1.807, 2.05) is 86.6 Å². The lowest BCUT2D eigenvalue weighted by atomic mass is 9.95. The van der Waals surface area contributed by atoms with Crippen molar-refractivity contribution >= 4 is 40.9 Å². The van der Waals surface area contributed by atoms with Crippen LogP contribution in [0.3, 0.4) is 0 Å². The number of allylic oxidation sites excluding steroid dienone is 1. The molecule has 2 N–H and O–H groups in total. The number of fused-ring (bicyclic) bond motifs is 1. The third-order valence-corrected chi connectivity index (χ3v) is 7.75. The summed E-state index contributed by atoms with van der Waals surface area (Å²) in [6.45, 7) is 6.98. The second kappa shape index (κ2) is 13.1. The summed E-state index contributed by atoms with van der Waals surface area (Å²) in [5.41, 5.74) is 3.70. The third kappa shape index (κ3) is 6.52. The minimum Gasteiger partial charge on any atom is -0.494 e. The number of anilines is 2. The minimum atomic E-state index is -0.520. The van der Waals surface area contributed by atoms with E-state index < -0.39 is 6.04 Å². The molecule has 41 heavy (non-hydrogen) atoms. The Morgan fingerprint density at radius 3 is 2.56 bits per heavy atom. The zero-order valence-electron chi connectivity index (χ0n) is 23.2. The zero-order valence-corrected chi connectivity index (χ0v) is 24.8. The molecule has 4 aromatic rings. The highest BCUT2D eigenvalue weighted by Gasteiger charge is 2.34. The lowest BCUT2D eigenvalue weighted by Crippen LogP contribution is -2.31. The number of carbonyl (C=O) groups excluding carboxylic acids is 1. The molecule has 1 aliphatic rings. The normalized spacial score (nSPS) is 14.3. The number of nitrogens with zero attached hydrogens (tertiary/aromatic N) is 3. The van der Waals surface area contributed by atoms with Gasteiger partial charge in [0.15, 0.2) is 0 Å². The summed E-state index contributed by atoms with van der Waals surface area (Å²) < 4.78 is 13.3. The number of amides is 1. The molecule has 0 fully saturated rings. The Hall–Kier alpha value is -3.95. The Balaban J connectivity index is 1.49. The predicted molar refractivity (Wildman–Crippen MR) is 164 cm³/mol. The molecule has 0 saturated heterocycles. The molecule has 0 saturated carbocycles. The monoisotopic (exact) mass is 589 g/mol. The van der Waals surface area contributed by atoms with Crippen molar-refractivity contribution in [1.29, 1.82) is 0 Å². The molecule has 0 spiro atoms. The highest BCUT2D eigenvalue weighted by Crippen LogP contribution is 2.38. The highest BCUT2D eigenvalue weighted by atomic mass is 35.5. The molecular weight excluding hydrogens is 558 g/mol. The molecule has 1 aliphatic heterocycles. The van der Waals surface area contributed by atoms with Crippen molar-refractivity contribution in [3.05, 3.63) is 100 Å². The number of hydrogen-bond donors (Lipinski definition) is 2. The van der Waals surface area contributed by atoms with Gasteiger partial charge in [0.2, 0.25) is 11.1 Å². The number of hydrogen-bond acceptors (Lipinski definition) is 7. The van der Waals surface area contributed by atoms with E-state index in [9.17, 15) is 4.79 Å². The molecule has 212 valence electrons. The van der Waals surface area contributed by atoms with Crippen molar-refractivity contribution in [2.75, 3.05) is 23.8 Å². The Morgan fingerprint density at radius 1 is 1.05 bits per heavy atom. The van der Waals surface area contributed by atoms with Crippen LogP contribution in [0, 0.1) is 0 Å². The van der Waals surface area contributed by atoms with Gasteiger partial charge >= 0.3 is 0 Å². The number of ether oxygens (including phenoxy) is 2. The molecule has 0 aliphatic carbocycles. The number of halogens is 1. The Bertz CT molecular complexity index is 1550. The van der Waals surface area contributed by atoms with Crippen molar-refractivity contribution in [3.8, 4) is 11.5 Å². The first kappa shape index (κ1) is 28.6. The largest absolute Gasteiger partial charge is 0.494 e. The van der Waals surface area contributed by atoms with Gasteiger partial charge < -0.3 is 20.1 Å². The third-order valence-electron chi connectivity index (χ3n) is 6.50. The number of aromatic nitrogens is 3. The summed E-state index contributed by atoms with van der Waals surface area (Å²) in [6.07, 6.45) is 0.919. The first-order valence-electron chi connectivity index (χ1n) is 13.5. The van der Waals surface area contributed by atoms with E-state index in [1.165, 1.54) is 11.8 Å². The summed E-state index contributed by atoms with van der Waals surface area (Å²) in [5.74, 6) is 2.30. The molecule has 2 heterocycles. The summed E-state index contributed by atoms with van der Waals surface area (Å²) >= 11 is 7.86. The number of rotatable bonds is 11. The van der Waals surface area contributed by atoms with Gasteiger partial charge in [-0.3, -0.25) is 4.79 Å². The molecule has 1 unspecified atom stereocenters. The van der Waals surface area contributed by atoms with Crippen LogP contribution in [0.2, 0.25) is 5.02 Å². The first-order valence-corrected chi connectivity index (χ1v) is 14.9. The van der Waals surface area contributed by atoms with Crippen LogP contribution in [-0.4, -0.2) is 33.9 Å². The van der Waals surface area contributed by atoms with Gasteiger partial charge in [0.25, 0.3) is 5.91 Å². The van der Waals surface area contributed by atoms with E-state index in [2.05, 4.69) is 17.6 Å². The lowest BCUT2D eigenvalue weighted by molar-refractivity contribution is -0.113. The number of para-hydroxylation sites is 2. The van der Waals surface area contributed by atoms with Gasteiger partial charge in [-0.2, -0.15) is 4.98 Å². The van der Waals surface area contributed by atoms with Crippen LogP contribution >= 0.6 is 23.4 Å². The van der Waals surface area contributed by atoms with Crippen LogP contribution in [0.1, 0.15) is 44.4 Å². The number of thioether (sulfide) groups is 1. The molecule has 1 atom stereocenters. The first-order chi connectivity index (χ1) is 20.0.